The largest absolute Gasteiger partial charge is 0.450 e. The lowest BCUT2D eigenvalue weighted by Gasteiger charge is -2.21. The second kappa shape index (κ2) is 8.96. The minimum Gasteiger partial charge on any atom is -0.450 e. The molecule has 6 rings (SSSR count). The number of carbonyl (C=O) groups is 1. The van der Waals surface area contributed by atoms with Crippen LogP contribution in [0, 0.1) is 0 Å². The van der Waals surface area contributed by atoms with Crippen LogP contribution in [-0.2, 0) is 5.75 Å². The zero-order chi connectivity index (χ0) is 23.9. The number of benzene rings is 3. The van der Waals surface area contributed by atoms with E-state index in [-0.39, 0.29) is 16.8 Å². The molecule has 35 heavy (non-hydrogen) atoms. The SMILES string of the molecule is O=C1c2oc3ccc(Cl)cc3c(=O)c2[C@H](c2ccccc2)N1c1nnc(SCc2ccccc2)s1. The van der Waals surface area contributed by atoms with Gasteiger partial charge in [0.2, 0.25) is 10.9 Å². The lowest BCUT2D eigenvalue weighted by Crippen LogP contribution is -2.29. The summed E-state index contributed by atoms with van der Waals surface area (Å²) in [6, 6.07) is 23.6. The van der Waals surface area contributed by atoms with E-state index in [4.69, 9.17) is 16.0 Å². The number of carbonyl (C=O) groups excluding carboxylic acids is 1. The van der Waals surface area contributed by atoms with E-state index in [0.717, 1.165) is 15.7 Å². The van der Waals surface area contributed by atoms with Crippen LogP contribution in [0.5, 0.6) is 0 Å². The second-order valence-electron chi connectivity index (χ2n) is 7.93. The summed E-state index contributed by atoms with van der Waals surface area (Å²) in [6.07, 6.45) is 0. The van der Waals surface area contributed by atoms with Gasteiger partial charge in [0.1, 0.15) is 5.58 Å². The molecule has 0 N–H and O–H groups in total. The van der Waals surface area contributed by atoms with Gasteiger partial charge in [-0.05, 0) is 29.3 Å². The molecule has 2 aromatic heterocycles. The second-order valence-corrected chi connectivity index (χ2v) is 10.5. The number of nitrogens with zero attached hydrogens (tertiary/aromatic N) is 3. The molecular weight excluding hydrogens is 502 g/mol. The molecule has 0 bridgehead atoms. The topological polar surface area (TPSA) is 76.3 Å². The van der Waals surface area contributed by atoms with Crippen LogP contribution >= 0.6 is 34.7 Å². The maximum absolute atomic E-state index is 13.6. The summed E-state index contributed by atoms with van der Waals surface area (Å²) >= 11 is 9.01. The van der Waals surface area contributed by atoms with E-state index in [1.807, 2.05) is 48.5 Å². The Balaban J connectivity index is 1.44. The fraction of sp³-hybridized carbons (Fsp3) is 0.0769. The summed E-state index contributed by atoms with van der Waals surface area (Å²) in [5.74, 6) is 0.337. The van der Waals surface area contributed by atoms with E-state index >= 15 is 0 Å². The molecule has 0 aliphatic carbocycles. The van der Waals surface area contributed by atoms with E-state index in [0.29, 0.717) is 21.1 Å². The molecule has 1 amide bonds. The number of amides is 1. The first-order valence-electron chi connectivity index (χ1n) is 10.7. The Morgan fingerprint density at radius 3 is 2.49 bits per heavy atom. The lowest BCUT2D eigenvalue weighted by molar-refractivity contribution is 0.0970. The van der Waals surface area contributed by atoms with Gasteiger partial charge in [-0.15, -0.1) is 10.2 Å². The van der Waals surface area contributed by atoms with Crippen molar-refractivity contribution in [3.63, 3.8) is 0 Å². The number of halogens is 1. The van der Waals surface area contributed by atoms with Crippen molar-refractivity contribution >= 4 is 56.7 Å². The first kappa shape index (κ1) is 22.0. The number of rotatable bonds is 5. The molecule has 0 radical (unpaired) electrons. The number of hydrogen-bond donors (Lipinski definition) is 0. The quantitative estimate of drug-likeness (QED) is 0.200. The third-order valence-electron chi connectivity index (χ3n) is 5.75. The van der Waals surface area contributed by atoms with Crippen molar-refractivity contribution in [2.24, 2.45) is 0 Å². The van der Waals surface area contributed by atoms with Crippen LogP contribution in [0.2, 0.25) is 5.02 Å². The van der Waals surface area contributed by atoms with Crippen LogP contribution < -0.4 is 10.3 Å². The van der Waals surface area contributed by atoms with Crippen molar-refractivity contribution in [2.75, 3.05) is 4.90 Å². The van der Waals surface area contributed by atoms with Crippen molar-refractivity contribution < 1.29 is 9.21 Å². The third-order valence-corrected chi connectivity index (χ3v) is 8.12. The van der Waals surface area contributed by atoms with Crippen molar-refractivity contribution in [1.29, 1.82) is 0 Å². The van der Waals surface area contributed by atoms with Gasteiger partial charge in [-0.3, -0.25) is 14.5 Å². The highest BCUT2D eigenvalue weighted by molar-refractivity contribution is 8.00. The Morgan fingerprint density at radius 1 is 0.971 bits per heavy atom. The van der Waals surface area contributed by atoms with Gasteiger partial charge in [-0.2, -0.15) is 0 Å². The molecule has 5 aromatic rings. The summed E-state index contributed by atoms with van der Waals surface area (Å²) < 4.78 is 6.70. The molecule has 0 saturated carbocycles. The van der Waals surface area contributed by atoms with Crippen LogP contribution in [0.4, 0.5) is 5.13 Å². The third kappa shape index (κ3) is 3.93. The number of hydrogen-bond acceptors (Lipinski definition) is 7. The molecular formula is C26H16ClN3O3S2. The number of anilines is 1. The summed E-state index contributed by atoms with van der Waals surface area (Å²) in [7, 11) is 0. The number of aromatic nitrogens is 2. The van der Waals surface area contributed by atoms with Crippen LogP contribution in [0.3, 0.4) is 0 Å². The van der Waals surface area contributed by atoms with Crippen LogP contribution in [0.1, 0.15) is 33.3 Å². The minimum atomic E-state index is -0.682. The molecule has 3 aromatic carbocycles. The Kier molecular flexibility index (Phi) is 5.64. The molecule has 0 spiro atoms. The van der Waals surface area contributed by atoms with E-state index < -0.39 is 11.9 Å². The highest BCUT2D eigenvalue weighted by atomic mass is 35.5. The maximum atomic E-state index is 13.6. The van der Waals surface area contributed by atoms with E-state index in [1.165, 1.54) is 21.8 Å². The first-order valence-corrected chi connectivity index (χ1v) is 12.9. The fourth-order valence-corrected chi connectivity index (χ4v) is 6.17. The Bertz CT molecular complexity index is 1620. The van der Waals surface area contributed by atoms with Gasteiger partial charge in [0, 0.05) is 10.8 Å². The molecule has 1 aliphatic heterocycles. The molecule has 6 nitrogen and oxygen atoms in total. The molecule has 0 saturated heterocycles. The summed E-state index contributed by atoms with van der Waals surface area (Å²) in [4.78, 5) is 28.8. The first-order chi connectivity index (χ1) is 17.1. The van der Waals surface area contributed by atoms with Gasteiger partial charge < -0.3 is 4.42 Å². The predicted molar refractivity (Wildman–Crippen MR) is 139 cm³/mol. The predicted octanol–water partition coefficient (Wildman–Crippen LogP) is 6.34. The maximum Gasteiger partial charge on any atom is 0.297 e. The lowest BCUT2D eigenvalue weighted by atomic mass is 9.99. The molecule has 1 atom stereocenters. The average Bonchev–Trinajstić information content (AvgIpc) is 3.47. The van der Waals surface area contributed by atoms with Gasteiger partial charge in [0.15, 0.2) is 9.77 Å². The standard InChI is InChI=1S/C26H16ClN3O3S2/c27-17-11-12-19-18(13-17)22(31)20-21(16-9-5-2-6-10-16)30(24(32)23(20)33-19)25-28-29-26(35-25)34-14-15-7-3-1-4-8-15/h1-13,21H,14H2/t21-/m0/s1. The summed E-state index contributed by atoms with van der Waals surface area (Å²) in [5.41, 5.74) is 2.26. The van der Waals surface area contributed by atoms with Crippen molar-refractivity contribution in [3.8, 4) is 0 Å². The van der Waals surface area contributed by atoms with Crippen molar-refractivity contribution in [3.05, 3.63) is 117 Å². The Morgan fingerprint density at radius 2 is 1.71 bits per heavy atom. The molecule has 3 heterocycles. The zero-order valence-electron chi connectivity index (χ0n) is 18.1. The summed E-state index contributed by atoms with van der Waals surface area (Å²) in [6.45, 7) is 0. The minimum absolute atomic E-state index is 0.0207. The average molecular weight is 518 g/mol. The molecule has 0 unspecified atom stereocenters. The zero-order valence-corrected chi connectivity index (χ0v) is 20.4. The van der Waals surface area contributed by atoms with Gasteiger partial charge in [0.25, 0.3) is 5.91 Å². The normalized spacial score (nSPS) is 15.1. The molecule has 1 aliphatic rings. The van der Waals surface area contributed by atoms with Gasteiger partial charge >= 0.3 is 0 Å². The van der Waals surface area contributed by atoms with E-state index in [1.54, 1.807) is 30.0 Å². The van der Waals surface area contributed by atoms with Crippen molar-refractivity contribution in [1.82, 2.24) is 10.2 Å². The Hall–Kier alpha value is -3.46. The molecule has 0 fully saturated rings. The highest BCUT2D eigenvalue weighted by Gasteiger charge is 2.45. The van der Waals surface area contributed by atoms with Crippen LogP contribution in [0.15, 0.2) is 92.4 Å². The van der Waals surface area contributed by atoms with Gasteiger partial charge in [0.05, 0.1) is 17.0 Å². The van der Waals surface area contributed by atoms with Crippen LogP contribution in [-0.4, -0.2) is 16.1 Å². The van der Waals surface area contributed by atoms with Gasteiger partial charge in [-0.25, -0.2) is 0 Å². The molecule has 9 heteroatoms. The number of thioether (sulfide) groups is 1. The fourth-order valence-electron chi connectivity index (χ4n) is 4.17. The highest BCUT2D eigenvalue weighted by Crippen LogP contribution is 2.43. The number of fused-ring (bicyclic) bond motifs is 2. The smallest absolute Gasteiger partial charge is 0.297 e. The Labute approximate surface area is 213 Å². The monoisotopic (exact) mass is 517 g/mol. The van der Waals surface area contributed by atoms with E-state index in [9.17, 15) is 9.59 Å². The molecule has 172 valence electrons. The van der Waals surface area contributed by atoms with E-state index in [2.05, 4.69) is 22.3 Å². The van der Waals surface area contributed by atoms with Gasteiger partial charge in [-0.1, -0.05) is 95.4 Å². The summed E-state index contributed by atoms with van der Waals surface area (Å²) in [5, 5.41) is 9.79. The van der Waals surface area contributed by atoms with Crippen molar-refractivity contribution in [2.45, 2.75) is 16.1 Å². The van der Waals surface area contributed by atoms with Crippen LogP contribution in [0.25, 0.3) is 11.0 Å².